The number of urea groups is 1. The predicted molar refractivity (Wildman–Crippen MR) is 119 cm³/mol. The summed E-state index contributed by atoms with van der Waals surface area (Å²) in [6.07, 6.45) is 4.92. The van der Waals surface area contributed by atoms with E-state index in [1.165, 1.54) is 17.7 Å². The molecule has 0 atom stereocenters. The molecule has 0 unspecified atom stereocenters. The Morgan fingerprint density at radius 3 is 2.63 bits per heavy atom. The van der Waals surface area contributed by atoms with Crippen LogP contribution >= 0.6 is 11.3 Å². The van der Waals surface area contributed by atoms with Crippen molar-refractivity contribution in [3.8, 4) is 11.5 Å². The van der Waals surface area contributed by atoms with E-state index in [0.717, 1.165) is 62.6 Å². The third-order valence-electron chi connectivity index (χ3n) is 5.89. The van der Waals surface area contributed by atoms with Crippen LogP contribution < -0.4 is 14.8 Å². The third kappa shape index (κ3) is 5.46. The molecular weight excluding hydrogens is 398 g/mol. The van der Waals surface area contributed by atoms with Gasteiger partial charge in [-0.15, -0.1) is 11.3 Å². The minimum atomic E-state index is -0.000136. The zero-order valence-corrected chi connectivity index (χ0v) is 18.5. The van der Waals surface area contributed by atoms with Crippen molar-refractivity contribution in [1.82, 2.24) is 15.1 Å². The summed E-state index contributed by atoms with van der Waals surface area (Å²) in [6, 6.07) is 10.2. The highest BCUT2D eigenvalue weighted by Crippen LogP contribution is 2.32. The lowest BCUT2D eigenvalue weighted by molar-refractivity contribution is 0.135. The molecule has 0 spiro atoms. The Morgan fingerprint density at radius 1 is 1.13 bits per heavy atom. The van der Waals surface area contributed by atoms with E-state index in [0.29, 0.717) is 6.54 Å². The number of amides is 2. The first-order valence-electron chi connectivity index (χ1n) is 10.8. The van der Waals surface area contributed by atoms with E-state index in [4.69, 9.17) is 9.47 Å². The molecule has 1 aliphatic carbocycles. The summed E-state index contributed by atoms with van der Waals surface area (Å²) >= 11 is 1.79. The molecule has 2 aliphatic rings. The number of nitrogens with one attached hydrogen (secondary N) is 1. The van der Waals surface area contributed by atoms with E-state index >= 15 is 0 Å². The summed E-state index contributed by atoms with van der Waals surface area (Å²) in [6.45, 7) is 4.80. The van der Waals surface area contributed by atoms with E-state index in [2.05, 4.69) is 27.7 Å². The van der Waals surface area contributed by atoms with Gasteiger partial charge in [-0.05, 0) is 54.8 Å². The smallest absolute Gasteiger partial charge is 0.317 e. The van der Waals surface area contributed by atoms with Gasteiger partial charge < -0.3 is 19.7 Å². The molecule has 1 aromatic carbocycles. The first kappa shape index (κ1) is 21.0. The lowest BCUT2D eigenvalue weighted by Crippen LogP contribution is -2.51. The monoisotopic (exact) mass is 429 g/mol. The number of rotatable bonds is 7. The van der Waals surface area contributed by atoms with E-state index in [9.17, 15) is 4.79 Å². The number of nitrogens with zero attached hydrogens (tertiary/aromatic N) is 2. The fourth-order valence-electron chi connectivity index (χ4n) is 4.13. The molecule has 2 fully saturated rings. The number of carbonyl (C=O) groups is 1. The van der Waals surface area contributed by atoms with E-state index < -0.39 is 0 Å². The van der Waals surface area contributed by atoms with Gasteiger partial charge in [0, 0.05) is 44.1 Å². The summed E-state index contributed by atoms with van der Waals surface area (Å²) in [7, 11) is 1.66. The number of hydrogen-bond acceptors (Lipinski definition) is 5. The molecule has 0 radical (unpaired) electrons. The summed E-state index contributed by atoms with van der Waals surface area (Å²) in [5.41, 5.74) is 1.02. The first-order valence-corrected chi connectivity index (χ1v) is 11.7. The lowest BCUT2D eigenvalue weighted by atomic mass is 10.2. The van der Waals surface area contributed by atoms with Gasteiger partial charge in [-0.25, -0.2) is 4.79 Å². The average Bonchev–Trinajstić information content (AvgIpc) is 3.47. The summed E-state index contributed by atoms with van der Waals surface area (Å²) in [5, 5.41) is 5.18. The minimum Gasteiger partial charge on any atom is -0.493 e. The van der Waals surface area contributed by atoms with Crippen LogP contribution in [0.2, 0.25) is 0 Å². The Bertz CT molecular complexity index is 813. The first-order chi connectivity index (χ1) is 14.7. The van der Waals surface area contributed by atoms with E-state index in [1.54, 1.807) is 18.4 Å². The standard InChI is InChI=1S/C23H31N3O3S/c1-28-21-9-8-18(15-22(21)29-19-5-2-3-6-19)16-24-23(27)26-12-10-25(11-13-26)17-20-7-4-14-30-20/h4,7-9,14-15,19H,2-3,5-6,10-13,16-17H2,1H3,(H,24,27). The molecule has 1 aliphatic heterocycles. The van der Waals surface area contributed by atoms with Crippen molar-refractivity contribution in [3.63, 3.8) is 0 Å². The predicted octanol–water partition coefficient (Wildman–Crippen LogP) is 4.11. The maximum atomic E-state index is 12.6. The van der Waals surface area contributed by atoms with Crippen molar-refractivity contribution in [2.24, 2.45) is 0 Å². The van der Waals surface area contributed by atoms with Crippen molar-refractivity contribution < 1.29 is 14.3 Å². The Hall–Kier alpha value is -2.25. The maximum Gasteiger partial charge on any atom is 0.317 e. The molecular formula is C23H31N3O3S. The normalized spacial score (nSPS) is 17.8. The molecule has 162 valence electrons. The summed E-state index contributed by atoms with van der Waals surface area (Å²) in [5.74, 6) is 1.53. The van der Waals surface area contributed by atoms with Crippen LogP contribution in [0.5, 0.6) is 11.5 Å². The van der Waals surface area contributed by atoms with Crippen LogP contribution in [0.15, 0.2) is 35.7 Å². The number of methoxy groups -OCH3 is 1. The quantitative estimate of drug-likeness (QED) is 0.720. The minimum absolute atomic E-state index is 0.000136. The number of carbonyl (C=O) groups excluding carboxylic acids is 1. The third-order valence-corrected chi connectivity index (χ3v) is 6.75. The van der Waals surface area contributed by atoms with Crippen molar-refractivity contribution in [3.05, 3.63) is 46.2 Å². The van der Waals surface area contributed by atoms with Crippen LogP contribution in [0.3, 0.4) is 0 Å². The molecule has 2 aromatic rings. The van der Waals surface area contributed by atoms with Crippen LogP contribution in [0.25, 0.3) is 0 Å². The molecule has 1 saturated heterocycles. The van der Waals surface area contributed by atoms with Crippen LogP contribution in [0.1, 0.15) is 36.1 Å². The van der Waals surface area contributed by atoms with Gasteiger partial charge in [0.25, 0.3) is 0 Å². The Balaban J connectivity index is 1.26. The second-order valence-electron chi connectivity index (χ2n) is 8.01. The second kappa shape index (κ2) is 10.2. The summed E-state index contributed by atoms with van der Waals surface area (Å²) in [4.78, 5) is 18.3. The number of ether oxygens (including phenoxy) is 2. The molecule has 1 saturated carbocycles. The largest absolute Gasteiger partial charge is 0.493 e. The molecule has 1 aromatic heterocycles. The molecule has 2 amide bonds. The topological polar surface area (TPSA) is 54.0 Å². The van der Waals surface area contributed by atoms with Gasteiger partial charge in [0.2, 0.25) is 0 Å². The van der Waals surface area contributed by atoms with Gasteiger partial charge in [0.1, 0.15) is 0 Å². The van der Waals surface area contributed by atoms with E-state index in [-0.39, 0.29) is 12.1 Å². The second-order valence-corrected chi connectivity index (χ2v) is 9.04. The fraction of sp³-hybridized carbons (Fsp3) is 0.522. The van der Waals surface area contributed by atoms with Crippen molar-refractivity contribution in [2.45, 2.75) is 44.9 Å². The lowest BCUT2D eigenvalue weighted by Gasteiger charge is -2.34. The average molecular weight is 430 g/mol. The highest BCUT2D eigenvalue weighted by atomic mass is 32.1. The van der Waals surface area contributed by atoms with Crippen LogP contribution in [-0.4, -0.2) is 55.2 Å². The number of benzene rings is 1. The molecule has 2 heterocycles. The van der Waals surface area contributed by atoms with Gasteiger partial charge in [0.15, 0.2) is 11.5 Å². The molecule has 7 heteroatoms. The molecule has 6 nitrogen and oxygen atoms in total. The van der Waals surface area contributed by atoms with Crippen LogP contribution in [0.4, 0.5) is 4.79 Å². The van der Waals surface area contributed by atoms with Gasteiger partial charge >= 0.3 is 6.03 Å². The molecule has 1 N–H and O–H groups in total. The zero-order valence-electron chi connectivity index (χ0n) is 17.6. The van der Waals surface area contributed by atoms with Crippen molar-refractivity contribution >= 4 is 17.4 Å². The Kier molecular flexibility index (Phi) is 7.12. The van der Waals surface area contributed by atoms with Crippen LogP contribution in [-0.2, 0) is 13.1 Å². The van der Waals surface area contributed by atoms with Crippen LogP contribution in [0, 0.1) is 0 Å². The van der Waals surface area contributed by atoms with Gasteiger partial charge in [-0.3, -0.25) is 4.90 Å². The van der Waals surface area contributed by atoms with Crippen molar-refractivity contribution in [1.29, 1.82) is 0 Å². The number of piperazine rings is 1. The molecule has 30 heavy (non-hydrogen) atoms. The molecule has 4 rings (SSSR count). The number of thiophene rings is 1. The SMILES string of the molecule is COc1ccc(CNC(=O)N2CCN(Cc3cccs3)CC2)cc1OC1CCCC1. The van der Waals surface area contributed by atoms with Crippen molar-refractivity contribution in [2.75, 3.05) is 33.3 Å². The zero-order chi connectivity index (χ0) is 20.8. The van der Waals surface area contributed by atoms with Gasteiger partial charge in [-0.2, -0.15) is 0 Å². The highest BCUT2D eigenvalue weighted by molar-refractivity contribution is 7.09. The van der Waals surface area contributed by atoms with Gasteiger partial charge in [0.05, 0.1) is 13.2 Å². The van der Waals surface area contributed by atoms with Gasteiger partial charge in [-0.1, -0.05) is 12.1 Å². The maximum absolute atomic E-state index is 12.6. The van der Waals surface area contributed by atoms with E-state index in [1.807, 2.05) is 23.1 Å². The fourth-order valence-corrected chi connectivity index (χ4v) is 4.88. The Labute approximate surface area is 182 Å². The number of hydrogen-bond donors (Lipinski definition) is 1. The molecule has 0 bridgehead atoms. The Morgan fingerprint density at radius 2 is 1.93 bits per heavy atom. The highest BCUT2D eigenvalue weighted by Gasteiger charge is 2.22. The summed E-state index contributed by atoms with van der Waals surface area (Å²) < 4.78 is 11.6.